The van der Waals surface area contributed by atoms with Crippen molar-refractivity contribution in [3.8, 4) is 0 Å². The van der Waals surface area contributed by atoms with Crippen LogP contribution in [0.2, 0.25) is 0 Å². The molecule has 2 aromatic rings. The van der Waals surface area contributed by atoms with Gasteiger partial charge in [-0.15, -0.1) is 0 Å². The summed E-state index contributed by atoms with van der Waals surface area (Å²) < 4.78 is 12.7. The van der Waals surface area contributed by atoms with Crippen molar-refractivity contribution < 1.29 is 4.39 Å². The molecule has 5 heteroatoms. The summed E-state index contributed by atoms with van der Waals surface area (Å²) in [6, 6.07) is 11.4. The number of halogens is 1. The first kappa shape index (κ1) is 10.4. The van der Waals surface area contributed by atoms with Gasteiger partial charge in [0.15, 0.2) is 0 Å². The van der Waals surface area contributed by atoms with Gasteiger partial charge in [-0.3, -0.25) is 0 Å². The lowest BCUT2D eigenvalue weighted by Gasteiger charge is -2.06. The molecule has 16 heavy (non-hydrogen) atoms. The number of pyridine rings is 1. The summed E-state index contributed by atoms with van der Waals surface area (Å²) in [7, 11) is 0. The first-order valence-corrected chi connectivity index (χ1v) is 4.74. The molecule has 4 N–H and O–H groups in total. The van der Waals surface area contributed by atoms with Gasteiger partial charge in [0.25, 0.3) is 0 Å². The quantitative estimate of drug-likeness (QED) is 0.546. The standard InChI is InChI=1S/C11H11FN4/c12-8-4-6-9(7-5-8)14-10-2-1-3-11(15-10)16-13/h1-7H,13H2,(H2,14,15,16). The number of hydrogen-bond acceptors (Lipinski definition) is 4. The van der Waals surface area contributed by atoms with E-state index in [1.807, 2.05) is 6.07 Å². The van der Waals surface area contributed by atoms with E-state index in [-0.39, 0.29) is 5.82 Å². The first-order chi connectivity index (χ1) is 7.78. The summed E-state index contributed by atoms with van der Waals surface area (Å²) >= 11 is 0. The normalized spacial score (nSPS) is 9.88. The van der Waals surface area contributed by atoms with E-state index in [1.54, 1.807) is 24.3 Å². The van der Waals surface area contributed by atoms with E-state index in [0.29, 0.717) is 11.6 Å². The van der Waals surface area contributed by atoms with Crippen LogP contribution >= 0.6 is 0 Å². The fourth-order valence-corrected chi connectivity index (χ4v) is 1.27. The molecule has 1 aromatic heterocycles. The monoisotopic (exact) mass is 218 g/mol. The van der Waals surface area contributed by atoms with E-state index in [1.165, 1.54) is 12.1 Å². The Bertz CT molecular complexity index is 470. The largest absolute Gasteiger partial charge is 0.340 e. The Hall–Kier alpha value is -2.14. The number of hydrogen-bond donors (Lipinski definition) is 3. The lowest BCUT2D eigenvalue weighted by molar-refractivity contribution is 0.628. The zero-order valence-corrected chi connectivity index (χ0v) is 8.44. The van der Waals surface area contributed by atoms with Gasteiger partial charge < -0.3 is 10.7 Å². The third-order valence-electron chi connectivity index (χ3n) is 2.01. The highest BCUT2D eigenvalue weighted by atomic mass is 19.1. The maximum absolute atomic E-state index is 12.7. The Morgan fingerprint density at radius 2 is 1.69 bits per heavy atom. The van der Waals surface area contributed by atoms with Crippen molar-refractivity contribution in [2.75, 3.05) is 10.7 Å². The molecule has 0 spiro atoms. The molecule has 0 bridgehead atoms. The van der Waals surface area contributed by atoms with Crippen LogP contribution in [0.1, 0.15) is 0 Å². The lowest BCUT2D eigenvalue weighted by Crippen LogP contribution is -2.08. The molecule has 0 fully saturated rings. The van der Waals surface area contributed by atoms with Crippen molar-refractivity contribution in [1.82, 2.24) is 4.98 Å². The summed E-state index contributed by atoms with van der Waals surface area (Å²) in [5.41, 5.74) is 3.22. The van der Waals surface area contributed by atoms with Crippen molar-refractivity contribution >= 4 is 17.3 Å². The molecule has 0 unspecified atom stereocenters. The van der Waals surface area contributed by atoms with E-state index in [0.717, 1.165) is 5.69 Å². The zero-order valence-electron chi connectivity index (χ0n) is 8.44. The van der Waals surface area contributed by atoms with E-state index < -0.39 is 0 Å². The molecule has 82 valence electrons. The predicted molar refractivity (Wildman–Crippen MR) is 61.7 cm³/mol. The zero-order chi connectivity index (χ0) is 11.4. The SMILES string of the molecule is NNc1cccc(Nc2ccc(F)cc2)n1. The van der Waals surface area contributed by atoms with Crippen molar-refractivity contribution in [2.45, 2.75) is 0 Å². The second-order valence-electron chi connectivity index (χ2n) is 3.18. The molecular formula is C11H11FN4. The molecule has 0 amide bonds. The van der Waals surface area contributed by atoms with Crippen LogP contribution in [-0.2, 0) is 0 Å². The highest BCUT2D eigenvalue weighted by Gasteiger charge is 1.97. The molecule has 4 nitrogen and oxygen atoms in total. The van der Waals surface area contributed by atoms with Crippen molar-refractivity contribution in [3.63, 3.8) is 0 Å². The van der Waals surface area contributed by atoms with Gasteiger partial charge in [-0.25, -0.2) is 15.2 Å². The van der Waals surface area contributed by atoms with Crippen LogP contribution < -0.4 is 16.6 Å². The van der Waals surface area contributed by atoms with Gasteiger partial charge in [-0.2, -0.15) is 0 Å². The fourth-order valence-electron chi connectivity index (χ4n) is 1.27. The maximum Gasteiger partial charge on any atom is 0.142 e. The van der Waals surface area contributed by atoms with Crippen LogP contribution in [0.25, 0.3) is 0 Å². The third kappa shape index (κ3) is 2.46. The topological polar surface area (TPSA) is 63.0 Å². The number of benzene rings is 1. The van der Waals surface area contributed by atoms with E-state index in [9.17, 15) is 4.39 Å². The Balaban J connectivity index is 2.16. The fraction of sp³-hybridized carbons (Fsp3) is 0. The first-order valence-electron chi connectivity index (χ1n) is 4.74. The number of nitrogens with zero attached hydrogens (tertiary/aromatic N) is 1. The Kier molecular flexibility index (Phi) is 2.98. The Labute approximate surface area is 92.3 Å². The summed E-state index contributed by atoms with van der Waals surface area (Å²) in [6.45, 7) is 0. The third-order valence-corrected chi connectivity index (χ3v) is 2.01. The number of aromatic nitrogens is 1. The van der Waals surface area contributed by atoms with Gasteiger partial charge in [0.05, 0.1) is 0 Å². The second-order valence-corrected chi connectivity index (χ2v) is 3.18. The molecule has 0 aliphatic carbocycles. The van der Waals surface area contributed by atoms with Crippen LogP contribution in [0.3, 0.4) is 0 Å². The molecule has 0 radical (unpaired) electrons. The minimum absolute atomic E-state index is 0.268. The summed E-state index contributed by atoms with van der Waals surface area (Å²) in [5.74, 6) is 6.18. The van der Waals surface area contributed by atoms with Crippen LogP contribution in [0.5, 0.6) is 0 Å². The van der Waals surface area contributed by atoms with Crippen LogP contribution in [-0.4, -0.2) is 4.98 Å². The molecule has 1 heterocycles. The highest BCUT2D eigenvalue weighted by molar-refractivity contribution is 5.57. The van der Waals surface area contributed by atoms with E-state index >= 15 is 0 Å². The van der Waals surface area contributed by atoms with Gasteiger partial charge in [-0.05, 0) is 36.4 Å². The average molecular weight is 218 g/mol. The molecule has 0 aliphatic heterocycles. The maximum atomic E-state index is 12.7. The van der Waals surface area contributed by atoms with Crippen LogP contribution in [0.15, 0.2) is 42.5 Å². The van der Waals surface area contributed by atoms with Crippen molar-refractivity contribution in [1.29, 1.82) is 0 Å². The number of anilines is 3. The van der Waals surface area contributed by atoms with E-state index in [4.69, 9.17) is 5.84 Å². The van der Waals surface area contributed by atoms with Gasteiger partial charge in [0.2, 0.25) is 0 Å². The molecule has 0 atom stereocenters. The molecule has 0 saturated heterocycles. The molecule has 1 aromatic carbocycles. The van der Waals surface area contributed by atoms with Crippen molar-refractivity contribution in [3.05, 3.63) is 48.3 Å². The van der Waals surface area contributed by atoms with E-state index in [2.05, 4.69) is 15.7 Å². The van der Waals surface area contributed by atoms with Gasteiger partial charge in [0, 0.05) is 5.69 Å². The Morgan fingerprint density at radius 3 is 2.38 bits per heavy atom. The summed E-state index contributed by atoms with van der Waals surface area (Å²) in [4.78, 5) is 4.17. The predicted octanol–water partition coefficient (Wildman–Crippen LogP) is 2.25. The number of rotatable bonds is 3. The van der Waals surface area contributed by atoms with Gasteiger partial charge in [0.1, 0.15) is 17.5 Å². The van der Waals surface area contributed by atoms with Crippen molar-refractivity contribution in [2.24, 2.45) is 5.84 Å². The van der Waals surface area contributed by atoms with Crippen LogP contribution in [0, 0.1) is 5.82 Å². The van der Waals surface area contributed by atoms with Gasteiger partial charge in [-0.1, -0.05) is 6.07 Å². The summed E-state index contributed by atoms with van der Waals surface area (Å²) in [6.07, 6.45) is 0. The molecule has 0 saturated carbocycles. The molecule has 2 rings (SSSR count). The number of hydrazine groups is 1. The smallest absolute Gasteiger partial charge is 0.142 e. The number of nitrogens with two attached hydrogens (primary N) is 1. The molecule has 0 aliphatic rings. The number of nitrogens with one attached hydrogen (secondary N) is 2. The Morgan fingerprint density at radius 1 is 1.00 bits per heavy atom. The lowest BCUT2D eigenvalue weighted by atomic mass is 10.3. The van der Waals surface area contributed by atoms with Gasteiger partial charge >= 0.3 is 0 Å². The highest BCUT2D eigenvalue weighted by Crippen LogP contribution is 2.16. The molecular weight excluding hydrogens is 207 g/mol. The van der Waals surface area contributed by atoms with Crippen LogP contribution in [0.4, 0.5) is 21.7 Å². The summed E-state index contributed by atoms with van der Waals surface area (Å²) in [5, 5.41) is 3.03. The number of nitrogen functional groups attached to an aromatic ring is 1. The minimum atomic E-state index is -0.268. The average Bonchev–Trinajstić information content (AvgIpc) is 2.32. The minimum Gasteiger partial charge on any atom is -0.340 e. The second kappa shape index (κ2) is 4.59.